The third-order valence-electron chi connectivity index (χ3n) is 11.7. The summed E-state index contributed by atoms with van der Waals surface area (Å²) in [6.45, 7) is 4.85. The van der Waals surface area contributed by atoms with Crippen LogP contribution in [0.25, 0.3) is 0 Å². The lowest BCUT2D eigenvalue weighted by molar-refractivity contribution is -0.142. The number of nitrogens with two attached hydrogens (primary N) is 1. The van der Waals surface area contributed by atoms with Gasteiger partial charge in [-0.25, -0.2) is 19.2 Å². The fourth-order valence-corrected chi connectivity index (χ4v) is 7.81. The number of carbonyl (C=O) groups is 6. The van der Waals surface area contributed by atoms with Crippen LogP contribution >= 0.6 is 11.6 Å². The molecule has 2 fully saturated rings. The molecule has 0 radical (unpaired) electrons. The summed E-state index contributed by atoms with van der Waals surface area (Å²) in [5.41, 5.74) is 7.27. The Morgan fingerprint density at radius 2 is 1.47 bits per heavy atom. The van der Waals surface area contributed by atoms with Gasteiger partial charge in [0.15, 0.2) is 0 Å². The van der Waals surface area contributed by atoms with Crippen molar-refractivity contribution in [2.24, 2.45) is 11.1 Å². The fraction of sp³-hybridized carbons (Fsp3) is 0.375. The Bertz CT molecular complexity index is 2400. The Morgan fingerprint density at radius 3 is 2.09 bits per heavy atom. The summed E-state index contributed by atoms with van der Waals surface area (Å²) >= 11 is 6.13. The van der Waals surface area contributed by atoms with Crippen LogP contribution in [0.3, 0.4) is 0 Å². The van der Waals surface area contributed by atoms with Crippen molar-refractivity contribution in [2.45, 2.75) is 71.3 Å². The van der Waals surface area contributed by atoms with Gasteiger partial charge in [-0.2, -0.15) is 13.2 Å². The summed E-state index contributed by atoms with van der Waals surface area (Å²) in [6, 6.07) is 23.4. The SMILES string of the molecule is CCc1ccc(NC(=O)OC2CCCN(C(=O)NCc3ccccc3Cl)C2)cc1.Cc1cccc(C(=O)O)c1CNC(=O)C1(COC(=O)Nc2ccc(C(F)(F)F)cc2)CCN(C(=O)CN)CC1. The number of likely N-dealkylation sites (tertiary alicyclic amines) is 2. The van der Waals surface area contributed by atoms with Crippen molar-refractivity contribution in [1.29, 1.82) is 0 Å². The first kappa shape index (κ1) is 52.1. The maximum absolute atomic E-state index is 13.4. The fourth-order valence-electron chi connectivity index (χ4n) is 7.61. The van der Waals surface area contributed by atoms with Crippen LogP contribution in [0.1, 0.15) is 70.8 Å². The van der Waals surface area contributed by atoms with Crippen molar-refractivity contribution < 1.29 is 56.5 Å². The van der Waals surface area contributed by atoms with Crippen molar-refractivity contribution in [2.75, 3.05) is 50.0 Å². The Labute approximate surface area is 396 Å². The number of nitrogens with one attached hydrogen (secondary N) is 4. The van der Waals surface area contributed by atoms with E-state index in [0.717, 1.165) is 49.1 Å². The van der Waals surface area contributed by atoms with Crippen molar-refractivity contribution in [3.05, 3.63) is 129 Å². The van der Waals surface area contributed by atoms with E-state index in [1.165, 1.54) is 16.5 Å². The molecule has 364 valence electrons. The normalized spacial score (nSPS) is 15.4. The van der Waals surface area contributed by atoms with Crippen LogP contribution in [0.4, 0.5) is 38.9 Å². The second-order valence-electron chi connectivity index (χ2n) is 16.3. The van der Waals surface area contributed by atoms with Crippen molar-refractivity contribution in [1.82, 2.24) is 20.4 Å². The number of hydrogen-bond acceptors (Lipinski definition) is 9. The molecule has 20 heteroatoms. The number of alkyl halides is 3. The number of anilines is 2. The predicted molar refractivity (Wildman–Crippen MR) is 248 cm³/mol. The highest BCUT2D eigenvalue weighted by molar-refractivity contribution is 6.31. The van der Waals surface area contributed by atoms with Crippen molar-refractivity contribution in [3.63, 3.8) is 0 Å². The first-order chi connectivity index (χ1) is 32.4. The Hall–Kier alpha value is -6.86. The van der Waals surface area contributed by atoms with Gasteiger partial charge < -0.3 is 40.7 Å². The molecule has 0 spiro atoms. The summed E-state index contributed by atoms with van der Waals surface area (Å²) in [4.78, 5) is 77.4. The first-order valence-electron chi connectivity index (χ1n) is 21.9. The number of benzene rings is 4. The standard InChI is InChI=1S/C26H29F3N4O6.C22H26ClN3O3/c1-16-3-2-4-19(22(35)36)20(16)14-31-23(37)25(9-11-33(12-10-25)21(34)13-30)15-39-24(38)32-18-7-5-17(6-8-18)26(27,28)29;1-2-16-9-11-18(12-10-16)25-22(28)29-19-7-5-13-26(15-19)21(27)24-14-17-6-3-4-8-20(17)23/h2-8H,9-15,30H2,1H3,(H,31,37)(H,32,38)(H,35,36);3-4,6,8-12,19H,2,5,7,13-15H2,1H3,(H,24,27)(H,25,28). The molecule has 68 heavy (non-hydrogen) atoms. The van der Waals surface area contributed by atoms with E-state index in [4.69, 9.17) is 26.8 Å². The summed E-state index contributed by atoms with van der Waals surface area (Å²) in [5, 5.41) is 20.8. The van der Waals surface area contributed by atoms with Gasteiger partial charge in [-0.1, -0.05) is 61.0 Å². The maximum atomic E-state index is 13.4. The lowest BCUT2D eigenvalue weighted by atomic mass is 9.78. The number of nitrogens with zero attached hydrogens (tertiary/aromatic N) is 2. The molecule has 16 nitrogen and oxygen atoms in total. The molecule has 4 aromatic carbocycles. The van der Waals surface area contributed by atoms with Crippen molar-refractivity contribution in [3.8, 4) is 0 Å². The van der Waals surface area contributed by atoms with Gasteiger partial charge in [0.2, 0.25) is 11.8 Å². The second-order valence-corrected chi connectivity index (χ2v) is 16.7. The minimum absolute atomic E-state index is 0.0416. The zero-order valence-electron chi connectivity index (χ0n) is 37.6. The maximum Gasteiger partial charge on any atom is 0.416 e. The number of urea groups is 1. The lowest BCUT2D eigenvalue weighted by Crippen LogP contribution is -2.53. The zero-order chi connectivity index (χ0) is 49.4. The average Bonchev–Trinajstić information content (AvgIpc) is 3.32. The third-order valence-corrected chi connectivity index (χ3v) is 12.0. The van der Waals surface area contributed by atoms with Crippen LogP contribution in [-0.4, -0.2) is 96.3 Å². The van der Waals surface area contributed by atoms with Crippen molar-refractivity contribution >= 4 is 59.0 Å². The van der Waals surface area contributed by atoms with Gasteiger partial charge in [0.05, 0.1) is 29.6 Å². The number of amides is 6. The molecule has 0 saturated carbocycles. The molecule has 2 heterocycles. The van der Waals surface area contributed by atoms with Gasteiger partial charge in [0, 0.05) is 49.1 Å². The van der Waals surface area contributed by atoms with E-state index in [-0.39, 0.29) is 74.9 Å². The molecule has 0 bridgehead atoms. The number of aryl methyl sites for hydroxylation is 2. The molecule has 2 aliphatic heterocycles. The number of carboxylic acid groups (broad SMARTS) is 1. The quantitative estimate of drug-likeness (QED) is 0.0759. The number of ether oxygens (including phenoxy) is 2. The monoisotopic (exact) mass is 965 g/mol. The molecule has 6 amide bonds. The molecule has 7 N–H and O–H groups in total. The molecule has 2 aliphatic rings. The number of carbonyl (C=O) groups excluding carboxylic acids is 5. The van der Waals surface area contributed by atoms with E-state index < -0.39 is 41.2 Å². The minimum Gasteiger partial charge on any atom is -0.478 e. The van der Waals surface area contributed by atoms with Gasteiger partial charge in [-0.15, -0.1) is 0 Å². The summed E-state index contributed by atoms with van der Waals surface area (Å²) in [7, 11) is 0. The molecule has 2 saturated heterocycles. The van der Waals surface area contributed by atoms with Gasteiger partial charge in [-0.3, -0.25) is 20.2 Å². The first-order valence-corrected chi connectivity index (χ1v) is 22.3. The molecule has 1 atom stereocenters. The van der Waals surface area contributed by atoms with Crippen LogP contribution in [0.5, 0.6) is 0 Å². The number of carboxylic acids is 1. The van der Waals surface area contributed by atoms with E-state index in [1.54, 1.807) is 30.0 Å². The topological polar surface area (TPSA) is 222 Å². The van der Waals surface area contributed by atoms with Gasteiger partial charge in [-0.05, 0) is 110 Å². The number of piperidine rings is 2. The minimum atomic E-state index is -4.53. The molecular formula is C48H55ClF3N7O9. The largest absolute Gasteiger partial charge is 0.478 e. The average molecular weight is 966 g/mol. The third kappa shape index (κ3) is 14.8. The Morgan fingerprint density at radius 1 is 0.824 bits per heavy atom. The van der Waals surface area contributed by atoms with Gasteiger partial charge in [0.1, 0.15) is 12.7 Å². The molecule has 0 aliphatic carbocycles. The van der Waals surface area contributed by atoms with E-state index in [2.05, 4.69) is 28.2 Å². The summed E-state index contributed by atoms with van der Waals surface area (Å²) in [5.74, 6) is -1.94. The summed E-state index contributed by atoms with van der Waals surface area (Å²) in [6.07, 6.45) is -3.60. The molecule has 0 aromatic heterocycles. The second kappa shape index (κ2) is 24.2. The number of hydrogen-bond donors (Lipinski definition) is 6. The van der Waals surface area contributed by atoms with Crippen LogP contribution in [0.15, 0.2) is 91.0 Å². The van der Waals surface area contributed by atoms with E-state index >= 15 is 0 Å². The highest BCUT2D eigenvalue weighted by Gasteiger charge is 2.43. The Kier molecular flexibility index (Phi) is 18.6. The van der Waals surface area contributed by atoms with Crippen LogP contribution in [0, 0.1) is 12.3 Å². The Balaban J connectivity index is 0.000000265. The molecule has 6 rings (SSSR count). The molecule has 4 aromatic rings. The van der Waals surface area contributed by atoms with E-state index in [9.17, 15) is 47.0 Å². The predicted octanol–water partition coefficient (Wildman–Crippen LogP) is 7.97. The van der Waals surface area contributed by atoms with E-state index in [0.29, 0.717) is 41.5 Å². The van der Waals surface area contributed by atoms with Crippen LogP contribution in [-0.2, 0) is 44.7 Å². The summed E-state index contributed by atoms with van der Waals surface area (Å²) < 4.78 is 49.1. The molecular weight excluding hydrogens is 911 g/mol. The highest BCUT2D eigenvalue weighted by Crippen LogP contribution is 2.34. The van der Waals surface area contributed by atoms with Gasteiger partial charge >= 0.3 is 30.4 Å². The molecule has 1 unspecified atom stereocenters. The lowest BCUT2D eigenvalue weighted by Gasteiger charge is -2.40. The zero-order valence-corrected chi connectivity index (χ0v) is 38.4. The van der Waals surface area contributed by atoms with Crippen LogP contribution < -0.4 is 27.0 Å². The highest BCUT2D eigenvalue weighted by atomic mass is 35.5. The van der Waals surface area contributed by atoms with Gasteiger partial charge in [0.25, 0.3) is 0 Å². The number of rotatable bonds is 13. The van der Waals surface area contributed by atoms with E-state index in [1.807, 2.05) is 42.5 Å². The van der Waals surface area contributed by atoms with Crippen LogP contribution in [0.2, 0.25) is 5.02 Å². The number of aromatic carboxylic acids is 1. The number of halogens is 4. The smallest absolute Gasteiger partial charge is 0.416 e.